The number of benzene rings is 1. The maximum Gasteiger partial charge on any atom is 0.146 e. The number of para-hydroxylation sites is 1. The van der Waals surface area contributed by atoms with Crippen LogP contribution in [0.5, 0.6) is 0 Å². The van der Waals surface area contributed by atoms with Crippen molar-refractivity contribution in [2.24, 2.45) is 0 Å². The van der Waals surface area contributed by atoms with Gasteiger partial charge in [0.15, 0.2) is 0 Å². The van der Waals surface area contributed by atoms with Gasteiger partial charge in [-0.15, -0.1) is 0 Å². The van der Waals surface area contributed by atoms with Crippen LogP contribution in [-0.2, 0) is 6.61 Å². The molecule has 0 amide bonds. The molecule has 1 N–H and O–H groups in total. The number of halogens is 1. The van der Waals surface area contributed by atoms with Crippen LogP contribution in [0, 0.1) is 5.82 Å². The Morgan fingerprint density at radius 3 is 2.71 bits per heavy atom. The monoisotopic (exact) mass is 232 g/mol. The molecule has 0 aliphatic carbocycles. The predicted molar refractivity (Wildman–Crippen MR) is 64.6 cm³/mol. The van der Waals surface area contributed by atoms with Gasteiger partial charge < -0.3 is 10.0 Å². The van der Waals surface area contributed by atoms with Crippen molar-refractivity contribution in [1.82, 2.24) is 4.98 Å². The van der Waals surface area contributed by atoms with Crippen LogP contribution >= 0.6 is 0 Å². The molecule has 3 nitrogen and oxygen atoms in total. The Balaban J connectivity index is 2.44. The Labute approximate surface area is 99.2 Å². The summed E-state index contributed by atoms with van der Waals surface area (Å²) in [7, 11) is 1.76. The van der Waals surface area contributed by atoms with Crippen molar-refractivity contribution in [2.45, 2.75) is 6.61 Å². The van der Waals surface area contributed by atoms with Crippen molar-refractivity contribution in [3.05, 3.63) is 54.1 Å². The van der Waals surface area contributed by atoms with E-state index in [1.165, 1.54) is 6.07 Å². The second-order valence-corrected chi connectivity index (χ2v) is 3.67. The lowest BCUT2D eigenvalue weighted by atomic mass is 10.2. The van der Waals surface area contributed by atoms with Crippen LogP contribution in [0.4, 0.5) is 15.8 Å². The molecule has 0 saturated carbocycles. The van der Waals surface area contributed by atoms with Gasteiger partial charge in [0.25, 0.3) is 0 Å². The number of rotatable bonds is 3. The Morgan fingerprint density at radius 2 is 2.00 bits per heavy atom. The first-order chi connectivity index (χ1) is 8.24. The summed E-state index contributed by atoms with van der Waals surface area (Å²) < 4.78 is 13.6. The normalized spacial score (nSPS) is 10.3. The van der Waals surface area contributed by atoms with Crippen LogP contribution in [0.1, 0.15) is 5.56 Å². The second kappa shape index (κ2) is 4.93. The average molecular weight is 232 g/mol. The van der Waals surface area contributed by atoms with Crippen molar-refractivity contribution < 1.29 is 9.50 Å². The van der Waals surface area contributed by atoms with E-state index in [9.17, 15) is 9.50 Å². The summed E-state index contributed by atoms with van der Waals surface area (Å²) in [6.45, 7) is -0.123. The molecule has 1 aromatic carbocycles. The lowest BCUT2D eigenvalue weighted by molar-refractivity contribution is 0.282. The van der Waals surface area contributed by atoms with Gasteiger partial charge in [-0.05, 0) is 18.2 Å². The highest BCUT2D eigenvalue weighted by atomic mass is 19.1. The zero-order chi connectivity index (χ0) is 12.3. The van der Waals surface area contributed by atoms with Gasteiger partial charge >= 0.3 is 0 Å². The van der Waals surface area contributed by atoms with Crippen LogP contribution < -0.4 is 4.90 Å². The minimum absolute atomic E-state index is 0.123. The minimum Gasteiger partial charge on any atom is -0.392 e. The van der Waals surface area contributed by atoms with E-state index in [4.69, 9.17) is 0 Å². The van der Waals surface area contributed by atoms with Crippen molar-refractivity contribution in [2.75, 3.05) is 11.9 Å². The summed E-state index contributed by atoms with van der Waals surface area (Å²) in [5, 5.41) is 9.22. The molecule has 1 aromatic heterocycles. The highest BCUT2D eigenvalue weighted by Crippen LogP contribution is 2.28. The minimum atomic E-state index is -0.296. The van der Waals surface area contributed by atoms with E-state index in [0.717, 1.165) is 5.69 Å². The quantitative estimate of drug-likeness (QED) is 0.883. The first kappa shape index (κ1) is 11.5. The average Bonchev–Trinajstić information content (AvgIpc) is 2.38. The van der Waals surface area contributed by atoms with Gasteiger partial charge in [0, 0.05) is 30.7 Å². The number of aromatic nitrogens is 1. The molecule has 2 rings (SSSR count). The molecule has 2 aromatic rings. The van der Waals surface area contributed by atoms with Gasteiger partial charge in [0.1, 0.15) is 5.82 Å². The fraction of sp³-hybridized carbons (Fsp3) is 0.154. The van der Waals surface area contributed by atoms with Gasteiger partial charge in [-0.25, -0.2) is 4.39 Å². The van der Waals surface area contributed by atoms with E-state index < -0.39 is 0 Å². The van der Waals surface area contributed by atoms with Gasteiger partial charge in [-0.1, -0.05) is 12.1 Å². The molecule has 0 atom stereocenters. The number of anilines is 2. The van der Waals surface area contributed by atoms with Crippen LogP contribution in [0.15, 0.2) is 42.7 Å². The molecule has 0 spiro atoms. The summed E-state index contributed by atoms with van der Waals surface area (Å²) in [5.41, 5.74) is 1.87. The Bertz CT molecular complexity index is 516. The maximum atomic E-state index is 13.6. The third-order valence-corrected chi connectivity index (χ3v) is 2.62. The molecule has 0 saturated heterocycles. The highest BCUT2D eigenvalue weighted by molar-refractivity contribution is 5.65. The van der Waals surface area contributed by atoms with Crippen LogP contribution in [-0.4, -0.2) is 17.1 Å². The van der Waals surface area contributed by atoms with Gasteiger partial charge in [0.2, 0.25) is 0 Å². The van der Waals surface area contributed by atoms with E-state index in [-0.39, 0.29) is 12.4 Å². The fourth-order valence-electron chi connectivity index (χ4n) is 1.72. The van der Waals surface area contributed by atoms with Gasteiger partial charge in [0.05, 0.1) is 12.3 Å². The van der Waals surface area contributed by atoms with E-state index in [1.54, 1.807) is 48.6 Å². The van der Waals surface area contributed by atoms with Crippen molar-refractivity contribution in [3.8, 4) is 0 Å². The molecule has 0 aliphatic heterocycles. The SMILES string of the molecule is CN(c1ccccc1F)c1ccncc1CO. The molecular formula is C13H13FN2O. The van der Waals surface area contributed by atoms with E-state index >= 15 is 0 Å². The molecule has 17 heavy (non-hydrogen) atoms. The molecule has 0 fully saturated rings. The lowest BCUT2D eigenvalue weighted by Crippen LogP contribution is -2.13. The number of hydrogen-bond donors (Lipinski definition) is 1. The molecule has 0 aliphatic rings. The fourth-order valence-corrected chi connectivity index (χ4v) is 1.72. The molecular weight excluding hydrogens is 219 g/mol. The summed E-state index contributed by atoms with van der Waals surface area (Å²) in [5.74, 6) is -0.296. The number of nitrogens with zero attached hydrogens (tertiary/aromatic N) is 2. The van der Waals surface area contributed by atoms with Gasteiger partial charge in [-0.3, -0.25) is 4.98 Å². The van der Waals surface area contributed by atoms with E-state index in [2.05, 4.69) is 4.98 Å². The maximum absolute atomic E-state index is 13.6. The topological polar surface area (TPSA) is 36.4 Å². The zero-order valence-electron chi connectivity index (χ0n) is 9.47. The van der Waals surface area contributed by atoms with E-state index in [0.29, 0.717) is 11.3 Å². The number of aliphatic hydroxyl groups is 1. The summed E-state index contributed by atoms with van der Waals surface area (Å²) in [6, 6.07) is 8.27. The lowest BCUT2D eigenvalue weighted by Gasteiger charge is -2.22. The Kier molecular flexibility index (Phi) is 3.35. The molecule has 4 heteroatoms. The van der Waals surface area contributed by atoms with Crippen molar-refractivity contribution >= 4 is 11.4 Å². The van der Waals surface area contributed by atoms with Crippen LogP contribution in [0.2, 0.25) is 0 Å². The van der Waals surface area contributed by atoms with Crippen molar-refractivity contribution in [3.63, 3.8) is 0 Å². The molecule has 0 unspecified atom stereocenters. The standard InChI is InChI=1S/C13H13FN2O/c1-16(13-5-3-2-4-11(13)14)12-6-7-15-8-10(12)9-17/h2-8,17H,9H2,1H3. The smallest absolute Gasteiger partial charge is 0.146 e. The summed E-state index contributed by atoms with van der Waals surface area (Å²) in [4.78, 5) is 5.63. The number of hydrogen-bond acceptors (Lipinski definition) is 3. The number of aliphatic hydroxyl groups excluding tert-OH is 1. The first-order valence-corrected chi connectivity index (χ1v) is 5.26. The summed E-state index contributed by atoms with van der Waals surface area (Å²) in [6.07, 6.45) is 3.19. The molecule has 0 bridgehead atoms. The molecule has 0 radical (unpaired) electrons. The second-order valence-electron chi connectivity index (χ2n) is 3.67. The third-order valence-electron chi connectivity index (χ3n) is 2.62. The highest BCUT2D eigenvalue weighted by Gasteiger charge is 2.11. The first-order valence-electron chi connectivity index (χ1n) is 5.26. The Morgan fingerprint density at radius 1 is 1.24 bits per heavy atom. The summed E-state index contributed by atoms with van der Waals surface area (Å²) >= 11 is 0. The Hall–Kier alpha value is -1.94. The molecule has 88 valence electrons. The van der Waals surface area contributed by atoms with Crippen LogP contribution in [0.3, 0.4) is 0 Å². The van der Waals surface area contributed by atoms with Gasteiger partial charge in [-0.2, -0.15) is 0 Å². The van der Waals surface area contributed by atoms with E-state index in [1.807, 2.05) is 0 Å². The van der Waals surface area contributed by atoms with Crippen LogP contribution in [0.25, 0.3) is 0 Å². The zero-order valence-corrected chi connectivity index (χ0v) is 9.47. The number of pyridine rings is 1. The van der Waals surface area contributed by atoms with Crippen molar-refractivity contribution in [1.29, 1.82) is 0 Å². The predicted octanol–water partition coefficient (Wildman–Crippen LogP) is 2.48. The molecule has 1 heterocycles. The third kappa shape index (κ3) is 2.26. The largest absolute Gasteiger partial charge is 0.392 e.